The Kier molecular flexibility index (Phi) is 5.39. The lowest BCUT2D eigenvalue weighted by atomic mass is 9.78. The van der Waals surface area contributed by atoms with Crippen molar-refractivity contribution in [2.24, 2.45) is 0 Å². The van der Waals surface area contributed by atoms with Crippen molar-refractivity contribution < 1.29 is 19.1 Å². The molecule has 1 fully saturated rings. The van der Waals surface area contributed by atoms with Crippen LogP contribution < -0.4 is 10.9 Å². The molecule has 163 valence electrons. The van der Waals surface area contributed by atoms with E-state index < -0.39 is 18.3 Å². The minimum atomic E-state index is -0.971. The Morgan fingerprint density at radius 3 is 2.03 bits per heavy atom. The van der Waals surface area contributed by atoms with Crippen LogP contribution in [0.25, 0.3) is 20.2 Å². The normalized spacial score (nSPS) is 18.8. The molecule has 4 nitrogen and oxygen atoms in total. The maximum absolute atomic E-state index is 10.4. The highest BCUT2D eigenvalue weighted by atomic mass is 32.1. The van der Waals surface area contributed by atoms with Gasteiger partial charge in [-0.05, 0) is 71.6 Å². The molecule has 0 unspecified atom stereocenters. The third-order valence-electron chi connectivity index (χ3n) is 7.05. The number of aliphatic hydroxyl groups is 1. The minimum Gasteiger partial charge on any atom is -0.427 e. The summed E-state index contributed by atoms with van der Waals surface area (Å²) in [5, 5.41) is 12.8. The first-order chi connectivity index (χ1) is 14.2. The molecule has 1 aliphatic rings. The molecule has 3 aromatic rings. The van der Waals surface area contributed by atoms with Gasteiger partial charge in [0.25, 0.3) is 0 Å². The number of hydrogen-bond donors (Lipinski definition) is 1. The first kappa shape index (κ1) is 22.8. The highest BCUT2D eigenvalue weighted by molar-refractivity contribution is 7.28. The van der Waals surface area contributed by atoms with Crippen molar-refractivity contribution in [1.29, 1.82) is 0 Å². The second kappa shape index (κ2) is 7.32. The molecule has 1 radical (unpaired) electrons. The van der Waals surface area contributed by atoms with Gasteiger partial charge >= 0.3 is 14.6 Å². The first-order valence-corrected chi connectivity index (χ1v) is 11.6. The number of benzene rings is 2. The molecular weight excluding hydrogens is 406 g/mol. The molecule has 1 aliphatic heterocycles. The standard InChI is InChI=1S/C24H31B2O4S/c1-21(2,27)22(3,4)28-25-17-13-9-11-15-16-12-10-14-18(20(16)31-19(15)17)26-29-23(5,6)24(7,8)30-26/h9-14,27H,1-8H3. The Morgan fingerprint density at radius 2 is 1.45 bits per heavy atom. The number of rotatable bonds is 5. The SMILES string of the molecule is CC(C)(O)C(C)(C)O[B]c1cccc2c1sc1c(B3OC(C)(C)C(C)(C)O3)cccc12. The molecule has 0 saturated carbocycles. The minimum absolute atomic E-state index is 0.383. The van der Waals surface area contributed by atoms with Crippen molar-refractivity contribution in [1.82, 2.24) is 0 Å². The molecule has 31 heavy (non-hydrogen) atoms. The predicted octanol–water partition coefficient (Wildman–Crippen LogP) is 4.16. The molecule has 0 amide bonds. The Bertz CT molecular complexity index is 1110. The van der Waals surface area contributed by atoms with Crippen LogP contribution in [-0.2, 0) is 14.0 Å². The van der Waals surface area contributed by atoms with E-state index in [0.717, 1.165) is 15.6 Å². The average molecular weight is 437 g/mol. The topological polar surface area (TPSA) is 47.9 Å². The van der Waals surface area contributed by atoms with Crippen molar-refractivity contribution in [3.05, 3.63) is 36.4 Å². The molecule has 2 aromatic carbocycles. The van der Waals surface area contributed by atoms with Crippen LogP contribution in [0, 0.1) is 0 Å². The number of fused-ring (bicyclic) bond motifs is 3. The zero-order chi connectivity index (χ0) is 22.8. The van der Waals surface area contributed by atoms with Gasteiger partial charge in [0.2, 0.25) is 0 Å². The molecular formula is C24H31B2O4S. The van der Waals surface area contributed by atoms with Crippen LogP contribution in [0.3, 0.4) is 0 Å². The van der Waals surface area contributed by atoms with E-state index in [4.69, 9.17) is 14.0 Å². The summed E-state index contributed by atoms with van der Waals surface area (Å²) in [7, 11) is 1.36. The van der Waals surface area contributed by atoms with E-state index in [1.807, 2.05) is 26.0 Å². The van der Waals surface area contributed by atoms with Crippen LogP contribution >= 0.6 is 11.3 Å². The molecule has 4 rings (SSSR count). The highest BCUT2D eigenvalue weighted by Gasteiger charge is 2.52. The molecule has 1 saturated heterocycles. The second-order valence-electron chi connectivity index (χ2n) is 10.4. The van der Waals surface area contributed by atoms with E-state index in [-0.39, 0.29) is 11.2 Å². The highest BCUT2D eigenvalue weighted by Crippen LogP contribution is 2.39. The quantitative estimate of drug-likeness (QED) is 0.610. The Labute approximate surface area is 190 Å². The van der Waals surface area contributed by atoms with Gasteiger partial charge in [-0.15, -0.1) is 11.3 Å². The predicted molar refractivity (Wildman–Crippen MR) is 132 cm³/mol. The molecule has 0 atom stereocenters. The molecule has 0 aliphatic carbocycles. The maximum Gasteiger partial charge on any atom is 0.496 e. The fourth-order valence-electron chi connectivity index (χ4n) is 3.47. The van der Waals surface area contributed by atoms with Gasteiger partial charge in [-0.25, -0.2) is 0 Å². The van der Waals surface area contributed by atoms with Crippen molar-refractivity contribution in [3.63, 3.8) is 0 Å². The zero-order valence-corrected chi connectivity index (χ0v) is 20.5. The van der Waals surface area contributed by atoms with E-state index in [0.29, 0.717) is 0 Å². The fourth-order valence-corrected chi connectivity index (χ4v) is 4.76. The smallest absolute Gasteiger partial charge is 0.427 e. The molecule has 1 aromatic heterocycles. The lowest BCUT2D eigenvalue weighted by molar-refractivity contribution is -0.0893. The van der Waals surface area contributed by atoms with E-state index in [2.05, 4.69) is 52.0 Å². The average Bonchev–Trinajstić information content (AvgIpc) is 3.13. The van der Waals surface area contributed by atoms with Gasteiger partial charge < -0.3 is 19.1 Å². The van der Waals surface area contributed by atoms with E-state index >= 15 is 0 Å². The Morgan fingerprint density at radius 1 is 0.903 bits per heavy atom. The van der Waals surface area contributed by atoms with Crippen LogP contribution in [-0.4, -0.2) is 42.1 Å². The van der Waals surface area contributed by atoms with E-state index in [9.17, 15) is 5.11 Å². The van der Waals surface area contributed by atoms with Gasteiger partial charge in [-0.1, -0.05) is 36.4 Å². The summed E-state index contributed by atoms with van der Waals surface area (Å²) in [4.78, 5) is 0. The van der Waals surface area contributed by atoms with Crippen molar-refractivity contribution in [3.8, 4) is 0 Å². The Balaban J connectivity index is 1.75. The maximum atomic E-state index is 10.4. The summed E-state index contributed by atoms with van der Waals surface area (Å²) in [6.45, 7) is 15.6. The summed E-state index contributed by atoms with van der Waals surface area (Å²) >= 11 is 1.73. The molecule has 7 heteroatoms. The monoisotopic (exact) mass is 437 g/mol. The van der Waals surface area contributed by atoms with Crippen LogP contribution in [0.5, 0.6) is 0 Å². The van der Waals surface area contributed by atoms with E-state index in [1.165, 1.54) is 15.5 Å². The van der Waals surface area contributed by atoms with Gasteiger partial charge in [-0.2, -0.15) is 0 Å². The van der Waals surface area contributed by atoms with Gasteiger partial charge in [0, 0.05) is 14.9 Å². The molecule has 0 bridgehead atoms. The lowest BCUT2D eigenvalue weighted by Gasteiger charge is -2.37. The zero-order valence-electron chi connectivity index (χ0n) is 19.7. The summed E-state index contributed by atoms with van der Waals surface area (Å²) < 4.78 is 21.0. The third-order valence-corrected chi connectivity index (χ3v) is 8.37. The van der Waals surface area contributed by atoms with Crippen LogP contribution in [0.1, 0.15) is 55.4 Å². The number of hydrogen-bond acceptors (Lipinski definition) is 5. The molecule has 0 spiro atoms. The third kappa shape index (κ3) is 3.85. The summed E-state index contributed by atoms with van der Waals surface area (Å²) in [6.07, 6.45) is 0. The van der Waals surface area contributed by atoms with Gasteiger partial charge in [0.05, 0.1) is 22.4 Å². The molecule has 1 N–H and O–H groups in total. The summed E-state index contributed by atoms with van der Waals surface area (Å²) in [5.74, 6) is 0. The van der Waals surface area contributed by atoms with Gasteiger partial charge in [0.15, 0.2) is 0 Å². The van der Waals surface area contributed by atoms with Crippen LogP contribution in [0.4, 0.5) is 0 Å². The molecule has 2 heterocycles. The van der Waals surface area contributed by atoms with Crippen LogP contribution in [0.15, 0.2) is 36.4 Å². The van der Waals surface area contributed by atoms with Crippen LogP contribution in [0.2, 0.25) is 0 Å². The summed E-state index contributed by atoms with van der Waals surface area (Å²) in [6, 6.07) is 12.5. The van der Waals surface area contributed by atoms with Gasteiger partial charge in [-0.3, -0.25) is 0 Å². The van der Waals surface area contributed by atoms with Crippen molar-refractivity contribution in [2.75, 3.05) is 0 Å². The number of thiophene rings is 1. The van der Waals surface area contributed by atoms with Crippen molar-refractivity contribution >= 4 is 57.0 Å². The summed E-state index contributed by atoms with van der Waals surface area (Å²) in [5.41, 5.74) is -0.406. The Hall–Kier alpha value is -1.37. The lowest BCUT2D eigenvalue weighted by Crippen LogP contribution is -2.49. The fraction of sp³-hybridized carbons (Fsp3) is 0.500. The largest absolute Gasteiger partial charge is 0.496 e. The van der Waals surface area contributed by atoms with Crippen molar-refractivity contribution in [2.45, 2.75) is 77.8 Å². The van der Waals surface area contributed by atoms with E-state index in [1.54, 1.807) is 32.7 Å². The second-order valence-corrected chi connectivity index (χ2v) is 11.5. The van der Waals surface area contributed by atoms with Gasteiger partial charge in [0.1, 0.15) is 0 Å². The first-order valence-electron chi connectivity index (χ1n) is 10.8.